The summed E-state index contributed by atoms with van der Waals surface area (Å²) in [6.07, 6.45) is 1.48. The second-order valence-corrected chi connectivity index (χ2v) is 5.95. The van der Waals surface area contributed by atoms with Crippen LogP contribution in [0.3, 0.4) is 0 Å². The van der Waals surface area contributed by atoms with Crippen molar-refractivity contribution in [2.75, 3.05) is 20.3 Å². The van der Waals surface area contributed by atoms with E-state index in [0.717, 1.165) is 12.8 Å². The van der Waals surface area contributed by atoms with E-state index < -0.39 is 6.61 Å². The van der Waals surface area contributed by atoms with Crippen LogP contribution in [0.1, 0.15) is 23.2 Å². The van der Waals surface area contributed by atoms with Gasteiger partial charge in [0.05, 0.1) is 13.2 Å². The quantitative estimate of drug-likeness (QED) is 0.801. The number of piperidine rings is 1. The minimum Gasteiger partial charge on any atom is -0.435 e. The number of ether oxygens (including phenoxy) is 2. The van der Waals surface area contributed by atoms with Crippen molar-refractivity contribution in [1.82, 2.24) is 4.90 Å². The van der Waals surface area contributed by atoms with E-state index in [4.69, 9.17) is 4.74 Å². The molecular formula is C16H19F2NO3. The van der Waals surface area contributed by atoms with Gasteiger partial charge in [0.1, 0.15) is 5.75 Å². The molecule has 0 aromatic heterocycles. The van der Waals surface area contributed by atoms with Crippen molar-refractivity contribution in [2.24, 2.45) is 5.92 Å². The predicted octanol–water partition coefficient (Wildman–Crippen LogP) is 2.58. The number of alkyl halides is 2. The minimum absolute atomic E-state index is 0.00437. The highest BCUT2D eigenvalue weighted by molar-refractivity contribution is 5.98. The maximum atomic E-state index is 12.7. The zero-order valence-electron chi connectivity index (χ0n) is 12.4. The molecule has 2 heterocycles. The van der Waals surface area contributed by atoms with Crippen LogP contribution in [-0.4, -0.2) is 49.6 Å². The average Bonchev–Trinajstić information content (AvgIpc) is 2.46. The molecule has 0 N–H and O–H groups in total. The first-order chi connectivity index (χ1) is 10.5. The number of hydrogen-bond donors (Lipinski definition) is 0. The molecule has 22 heavy (non-hydrogen) atoms. The van der Waals surface area contributed by atoms with E-state index in [1.54, 1.807) is 12.1 Å². The summed E-state index contributed by atoms with van der Waals surface area (Å²) in [5, 5.41) is 0. The van der Waals surface area contributed by atoms with Gasteiger partial charge in [0.2, 0.25) is 0 Å². The molecule has 2 fully saturated rings. The van der Waals surface area contributed by atoms with Gasteiger partial charge >= 0.3 is 6.61 Å². The summed E-state index contributed by atoms with van der Waals surface area (Å²) >= 11 is 0. The Balaban J connectivity index is 1.74. The first-order valence-corrected chi connectivity index (χ1v) is 7.43. The van der Waals surface area contributed by atoms with Crippen molar-refractivity contribution >= 4 is 5.78 Å². The van der Waals surface area contributed by atoms with Gasteiger partial charge in [-0.1, -0.05) is 12.1 Å². The number of morpholine rings is 1. The molecule has 2 aliphatic heterocycles. The molecular weight excluding hydrogens is 292 g/mol. The fourth-order valence-corrected chi connectivity index (χ4v) is 3.37. The number of hydrogen-bond acceptors (Lipinski definition) is 4. The molecule has 2 saturated heterocycles. The van der Waals surface area contributed by atoms with Crippen molar-refractivity contribution in [3.05, 3.63) is 29.8 Å². The van der Waals surface area contributed by atoms with Crippen molar-refractivity contribution in [3.8, 4) is 5.75 Å². The third kappa shape index (κ3) is 3.13. The number of halogens is 2. The fourth-order valence-electron chi connectivity index (χ4n) is 3.37. The lowest BCUT2D eigenvalue weighted by atomic mass is 9.81. The number of carbonyl (C=O) groups is 1. The monoisotopic (exact) mass is 311 g/mol. The number of Topliss-reactive ketones (excluding diaryl/α,β-unsaturated/α-hetero) is 1. The Morgan fingerprint density at radius 2 is 2.00 bits per heavy atom. The number of benzene rings is 1. The molecule has 2 atom stereocenters. The third-order valence-electron chi connectivity index (χ3n) is 4.60. The standard InChI is InChI=1S/C16H19F2NO3/c1-19-12-5-11(6-13(19)9-21-8-12)15(20)10-3-2-4-14(7-10)22-16(17)18/h2-4,7,11-13,16H,5-6,8-9H2,1H3. The highest BCUT2D eigenvalue weighted by atomic mass is 19.3. The average molecular weight is 311 g/mol. The van der Waals surface area contributed by atoms with Gasteiger partial charge < -0.3 is 9.47 Å². The van der Waals surface area contributed by atoms with Crippen LogP contribution in [-0.2, 0) is 4.74 Å². The molecule has 0 amide bonds. The number of fused-ring (bicyclic) bond motifs is 2. The Bertz CT molecular complexity index is 538. The number of nitrogens with zero attached hydrogens (tertiary/aromatic N) is 1. The number of ketones is 1. The van der Waals surface area contributed by atoms with Crippen LogP contribution >= 0.6 is 0 Å². The van der Waals surface area contributed by atoms with Crippen molar-refractivity contribution in [3.63, 3.8) is 0 Å². The lowest BCUT2D eigenvalue weighted by Crippen LogP contribution is -2.55. The summed E-state index contributed by atoms with van der Waals surface area (Å²) in [5.74, 6) is -0.0566. The van der Waals surface area contributed by atoms with Gasteiger partial charge in [-0.25, -0.2) is 0 Å². The molecule has 6 heteroatoms. The van der Waals surface area contributed by atoms with Crippen LogP contribution in [0.4, 0.5) is 8.78 Å². The lowest BCUT2D eigenvalue weighted by Gasteiger charge is -2.46. The van der Waals surface area contributed by atoms with E-state index in [9.17, 15) is 13.6 Å². The summed E-state index contributed by atoms with van der Waals surface area (Å²) < 4.78 is 34.5. The van der Waals surface area contributed by atoms with Gasteiger partial charge in [-0.15, -0.1) is 0 Å². The van der Waals surface area contributed by atoms with E-state index in [1.807, 2.05) is 0 Å². The zero-order chi connectivity index (χ0) is 15.7. The van der Waals surface area contributed by atoms with E-state index in [1.165, 1.54) is 12.1 Å². The van der Waals surface area contributed by atoms with Gasteiger partial charge in [0.25, 0.3) is 0 Å². The largest absolute Gasteiger partial charge is 0.435 e. The van der Waals surface area contributed by atoms with E-state index >= 15 is 0 Å². The maximum Gasteiger partial charge on any atom is 0.387 e. The highest BCUT2D eigenvalue weighted by Crippen LogP contribution is 2.32. The molecule has 2 aliphatic rings. The second-order valence-electron chi connectivity index (χ2n) is 5.95. The second kappa shape index (κ2) is 6.30. The van der Waals surface area contributed by atoms with Gasteiger partial charge in [-0.3, -0.25) is 9.69 Å². The Morgan fingerprint density at radius 3 is 2.64 bits per heavy atom. The summed E-state index contributed by atoms with van der Waals surface area (Å²) in [5.41, 5.74) is 0.437. The first-order valence-electron chi connectivity index (χ1n) is 7.43. The molecule has 120 valence electrons. The molecule has 3 rings (SSSR count). The minimum atomic E-state index is -2.88. The van der Waals surface area contributed by atoms with Crippen LogP contribution in [0.5, 0.6) is 5.75 Å². The van der Waals surface area contributed by atoms with Gasteiger partial charge in [0, 0.05) is 23.6 Å². The SMILES string of the molecule is CN1C2COCC1CC(C(=O)c1cccc(OC(F)F)c1)C2. The molecule has 0 radical (unpaired) electrons. The molecule has 2 bridgehead atoms. The molecule has 0 aliphatic carbocycles. The summed E-state index contributed by atoms with van der Waals surface area (Å²) in [6.45, 7) is -1.60. The summed E-state index contributed by atoms with van der Waals surface area (Å²) in [7, 11) is 2.07. The molecule has 1 aromatic rings. The van der Waals surface area contributed by atoms with Gasteiger partial charge in [-0.05, 0) is 32.0 Å². The lowest BCUT2D eigenvalue weighted by molar-refractivity contribution is -0.0702. The van der Waals surface area contributed by atoms with Crippen molar-refractivity contribution < 1.29 is 23.0 Å². The summed E-state index contributed by atoms with van der Waals surface area (Å²) in [6, 6.07) is 6.57. The normalized spacial score (nSPS) is 28.6. The predicted molar refractivity (Wildman–Crippen MR) is 76.3 cm³/mol. The van der Waals surface area contributed by atoms with Crippen LogP contribution in [0.15, 0.2) is 24.3 Å². The Kier molecular flexibility index (Phi) is 4.40. The molecule has 2 unspecified atom stereocenters. The zero-order valence-corrected chi connectivity index (χ0v) is 12.4. The molecule has 4 nitrogen and oxygen atoms in total. The van der Waals surface area contributed by atoms with E-state index in [0.29, 0.717) is 18.8 Å². The van der Waals surface area contributed by atoms with E-state index in [2.05, 4.69) is 16.7 Å². The van der Waals surface area contributed by atoms with Gasteiger partial charge in [-0.2, -0.15) is 8.78 Å². The Labute approximate surface area is 128 Å². The third-order valence-corrected chi connectivity index (χ3v) is 4.60. The number of likely N-dealkylation sites (N-methyl/N-ethyl adjacent to an activating group) is 1. The van der Waals surface area contributed by atoms with Crippen LogP contribution in [0.25, 0.3) is 0 Å². The van der Waals surface area contributed by atoms with Crippen molar-refractivity contribution in [2.45, 2.75) is 31.5 Å². The van der Waals surface area contributed by atoms with Gasteiger partial charge in [0.15, 0.2) is 5.78 Å². The maximum absolute atomic E-state index is 12.7. The fraction of sp³-hybridized carbons (Fsp3) is 0.562. The van der Waals surface area contributed by atoms with Crippen molar-refractivity contribution in [1.29, 1.82) is 0 Å². The van der Waals surface area contributed by atoms with Crippen LogP contribution in [0, 0.1) is 5.92 Å². The molecule has 0 saturated carbocycles. The van der Waals surface area contributed by atoms with Crippen LogP contribution < -0.4 is 4.74 Å². The molecule has 0 spiro atoms. The Morgan fingerprint density at radius 1 is 1.32 bits per heavy atom. The van der Waals surface area contributed by atoms with Crippen LogP contribution in [0.2, 0.25) is 0 Å². The number of carbonyl (C=O) groups excluding carboxylic acids is 1. The smallest absolute Gasteiger partial charge is 0.387 e. The topological polar surface area (TPSA) is 38.8 Å². The first kappa shape index (κ1) is 15.4. The number of rotatable bonds is 4. The van der Waals surface area contributed by atoms with E-state index in [-0.39, 0.29) is 29.5 Å². The molecule has 1 aromatic carbocycles. The summed E-state index contributed by atoms with van der Waals surface area (Å²) in [4.78, 5) is 15.0. The Hall–Kier alpha value is -1.53. The highest BCUT2D eigenvalue weighted by Gasteiger charge is 2.39.